The third-order valence-corrected chi connectivity index (χ3v) is 14.1. The van der Waals surface area contributed by atoms with Gasteiger partial charge in [-0.2, -0.15) is 26.3 Å². The van der Waals surface area contributed by atoms with Gasteiger partial charge in [-0.3, -0.25) is 19.2 Å². The van der Waals surface area contributed by atoms with Crippen molar-refractivity contribution >= 4 is 69.6 Å². The van der Waals surface area contributed by atoms with Crippen molar-refractivity contribution < 1.29 is 59.8 Å². The number of aryl methyl sites for hydroxylation is 2. The van der Waals surface area contributed by atoms with Crippen LogP contribution in [0.3, 0.4) is 0 Å². The lowest BCUT2D eigenvalue weighted by molar-refractivity contribution is -0.138. The largest absolute Gasteiger partial charge is 0.489 e. The van der Waals surface area contributed by atoms with Crippen molar-refractivity contribution in [1.29, 1.82) is 0 Å². The van der Waals surface area contributed by atoms with Crippen molar-refractivity contribution in [3.8, 4) is 5.75 Å². The Morgan fingerprint density at radius 2 is 0.854 bits per heavy atom. The van der Waals surface area contributed by atoms with Gasteiger partial charge < -0.3 is 51.5 Å². The average molecular weight is 1230 g/mol. The summed E-state index contributed by atoms with van der Waals surface area (Å²) in [6.45, 7) is 7.06. The van der Waals surface area contributed by atoms with Gasteiger partial charge in [0.2, 0.25) is 11.9 Å². The molecule has 0 atom stereocenters. The lowest BCUT2D eigenvalue weighted by atomic mass is 10.1. The predicted molar refractivity (Wildman–Crippen MR) is 324 cm³/mol. The van der Waals surface area contributed by atoms with E-state index >= 15 is 0 Å². The minimum atomic E-state index is -4.74. The van der Waals surface area contributed by atoms with Crippen LogP contribution in [0.1, 0.15) is 89.4 Å². The van der Waals surface area contributed by atoms with Crippen molar-refractivity contribution in [2.45, 2.75) is 64.1 Å². The maximum absolute atomic E-state index is 14.1. The fraction of sp³-hybridized carbons (Fsp3) is 0.250. The quantitative estimate of drug-likeness (QED) is 0.0503. The molecular weight excluding hydrogens is 1170 g/mol. The number of ether oxygens (including phenoxy) is 1. The molecule has 0 spiro atoms. The number of rotatable bonds is 14. The summed E-state index contributed by atoms with van der Waals surface area (Å²) in [6, 6.07) is 32.1. The second-order valence-corrected chi connectivity index (χ2v) is 21.0. The van der Waals surface area contributed by atoms with Crippen molar-refractivity contribution in [2.24, 2.45) is 0 Å². The van der Waals surface area contributed by atoms with Crippen LogP contribution in [0.15, 0.2) is 158 Å². The molecule has 0 radical (unpaired) electrons. The highest BCUT2D eigenvalue weighted by atomic mass is 19.4. The number of alkyl halides is 6. The van der Waals surface area contributed by atoms with Crippen LogP contribution < -0.4 is 36.6 Å². The first kappa shape index (κ1) is 65.1. The Balaban J connectivity index is 0.000000206. The van der Waals surface area contributed by atoms with Crippen LogP contribution in [-0.4, -0.2) is 111 Å². The van der Waals surface area contributed by atoms with Crippen molar-refractivity contribution in [2.75, 3.05) is 72.2 Å². The Bertz CT molecular complexity index is 3710. The van der Waals surface area contributed by atoms with Crippen LogP contribution in [0.25, 0.3) is 0 Å². The highest BCUT2D eigenvalue weighted by Crippen LogP contribution is 2.35. The maximum atomic E-state index is 14.1. The lowest BCUT2D eigenvalue weighted by Crippen LogP contribution is -2.36. The average Bonchev–Trinajstić information content (AvgIpc) is 2.46. The summed E-state index contributed by atoms with van der Waals surface area (Å²) in [5, 5.41) is 25.4. The topological polar surface area (TPSA) is 228 Å². The summed E-state index contributed by atoms with van der Waals surface area (Å²) in [4.78, 5) is 72.9. The zero-order chi connectivity index (χ0) is 63.8. The summed E-state index contributed by atoms with van der Waals surface area (Å²) < 4.78 is 99.6. The summed E-state index contributed by atoms with van der Waals surface area (Å²) in [5.74, 6) is -3.25. The highest BCUT2D eigenvalue weighted by Gasteiger charge is 2.34. The fourth-order valence-corrected chi connectivity index (χ4v) is 9.04. The molecule has 464 valence electrons. The number of amides is 4. The van der Waals surface area contributed by atoms with E-state index in [-0.39, 0.29) is 46.0 Å². The first-order valence-electron chi connectivity index (χ1n) is 28.0. The van der Waals surface area contributed by atoms with Gasteiger partial charge in [0.25, 0.3) is 23.6 Å². The molecule has 0 saturated carbocycles. The third kappa shape index (κ3) is 19.1. The van der Waals surface area contributed by atoms with Gasteiger partial charge in [0.15, 0.2) is 0 Å². The number of benzene rings is 6. The van der Waals surface area contributed by atoms with E-state index in [1.165, 1.54) is 55.1 Å². The standard InChI is InChI=1S/C32H31F3N6O3.C26H19F4N5O2.C6H13NO/c1-20-8-10-23(17-26(20)29(42)39-24-18-36-31(37-19-24)40-22-6-4-3-5-7-22)38-30(43)27-16-21(32(33,34)35)9-11-28(27)44-25-12-14-41(2)15-13-25;1-15-7-9-18(33-24(37)21-11-16(26(28,29)30)8-10-22(21)27)12-20(15)23(36)34-19-13-31-25(32-14-19)35-17-5-3-2-4-6-17;1-7-4-2-6(8)3-5-7/h3-11,16-19,25H,12-15H2,1-2H3,(H,38,43)(H,39,42)(H,36,37,40);2-14H,1H3,(H,33,37)(H,34,36)(H,31,32,35);6,8H,2-5H2,1H3. The molecule has 10 rings (SSSR count). The van der Waals surface area contributed by atoms with Crippen LogP contribution >= 0.6 is 0 Å². The Kier molecular flexibility index (Phi) is 21.7. The van der Waals surface area contributed by atoms with E-state index in [9.17, 15) is 49.9 Å². The molecule has 4 amide bonds. The number of halogens is 7. The number of hydrogen-bond donors (Lipinski definition) is 7. The second-order valence-electron chi connectivity index (χ2n) is 21.0. The van der Waals surface area contributed by atoms with E-state index in [2.05, 4.69) is 68.7 Å². The molecule has 6 aromatic carbocycles. The fourth-order valence-electron chi connectivity index (χ4n) is 9.04. The zero-order valence-corrected chi connectivity index (χ0v) is 48.6. The molecule has 8 aromatic rings. The summed E-state index contributed by atoms with van der Waals surface area (Å²) in [6.07, 6.45) is -0.616. The molecule has 0 unspecified atom stereocenters. The molecule has 2 fully saturated rings. The number of aliphatic hydroxyl groups excluding tert-OH is 1. The molecule has 2 saturated heterocycles. The number of nitrogens with one attached hydrogen (secondary N) is 6. The number of nitrogens with zero attached hydrogens (tertiary/aromatic N) is 6. The number of aromatic nitrogens is 4. The van der Waals surface area contributed by atoms with Crippen LogP contribution in [0, 0.1) is 19.7 Å². The van der Waals surface area contributed by atoms with E-state index in [4.69, 9.17) is 9.84 Å². The molecule has 0 bridgehead atoms. The number of para-hydroxylation sites is 2. The molecule has 2 aliphatic heterocycles. The van der Waals surface area contributed by atoms with E-state index in [0.29, 0.717) is 65.4 Å². The number of carbonyl (C=O) groups excluding carboxylic acids is 4. The van der Waals surface area contributed by atoms with E-state index in [1.54, 1.807) is 26.0 Å². The van der Waals surface area contributed by atoms with E-state index in [0.717, 1.165) is 62.5 Å². The molecule has 25 heteroatoms. The Morgan fingerprint density at radius 1 is 0.472 bits per heavy atom. The number of likely N-dealkylation sites (tertiary alicyclic amines) is 2. The number of carbonyl (C=O) groups is 4. The number of piperidine rings is 2. The van der Waals surface area contributed by atoms with Crippen molar-refractivity contribution in [1.82, 2.24) is 29.7 Å². The highest BCUT2D eigenvalue weighted by molar-refractivity contribution is 6.10. The number of anilines is 8. The Hall–Kier alpha value is -9.85. The first-order chi connectivity index (χ1) is 42.4. The van der Waals surface area contributed by atoms with Gasteiger partial charge in [-0.1, -0.05) is 48.5 Å². The molecule has 0 aliphatic carbocycles. The molecule has 4 heterocycles. The monoisotopic (exact) mass is 1230 g/mol. The molecule has 2 aliphatic rings. The van der Waals surface area contributed by atoms with Crippen LogP contribution in [-0.2, 0) is 12.4 Å². The summed E-state index contributed by atoms with van der Waals surface area (Å²) in [7, 11) is 4.07. The maximum Gasteiger partial charge on any atom is 0.416 e. The first-order valence-corrected chi connectivity index (χ1v) is 28.0. The van der Waals surface area contributed by atoms with Gasteiger partial charge >= 0.3 is 12.4 Å². The summed E-state index contributed by atoms with van der Waals surface area (Å²) >= 11 is 0. The van der Waals surface area contributed by atoms with Gasteiger partial charge in [-0.25, -0.2) is 24.3 Å². The molecule has 89 heavy (non-hydrogen) atoms. The van der Waals surface area contributed by atoms with E-state index < -0.39 is 58.5 Å². The van der Waals surface area contributed by atoms with Crippen LogP contribution in [0.5, 0.6) is 5.75 Å². The SMILES string of the molecule is CN1CCC(O)CC1.Cc1ccc(NC(=O)c2cc(C(F)(F)F)ccc2F)cc1C(=O)Nc1cnc(Nc2ccccc2)nc1.Cc1ccc(NC(=O)c2cc(C(F)(F)F)ccc2OC2CCN(C)CC2)cc1C(=O)Nc1cnc(Nc2ccccc2)nc1. The van der Waals surface area contributed by atoms with Crippen LogP contribution in [0.4, 0.5) is 76.8 Å². The van der Waals surface area contributed by atoms with Gasteiger partial charge in [-0.05, 0) is 150 Å². The third-order valence-electron chi connectivity index (χ3n) is 14.1. The smallest absolute Gasteiger partial charge is 0.416 e. The molecular formula is C64H63F7N12O6. The van der Waals surface area contributed by atoms with Gasteiger partial charge in [0, 0.05) is 60.1 Å². The van der Waals surface area contributed by atoms with Crippen molar-refractivity contribution in [3.63, 3.8) is 0 Å². The molecule has 18 nitrogen and oxygen atoms in total. The van der Waals surface area contributed by atoms with Crippen LogP contribution in [0.2, 0.25) is 0 Å². The Labute approximate surface area is 508 Å². The summed E-state index contributed by atoms with van der Waals surface area (Å²) in [5.41, 5.74) is 1.05. The predicted octanol–water partition coefficient (Wildman–Crippen LogP) is 12.8. The normalized spacial score (nSPS) is 13.9. The van der Waals surface area contributed by atoms with Crippen molar-refractivity contribution in [3.05, 3.63) is 209 Å². The van der Waals surface area contributed by atoms with Gasteiger partial charge in [-0.15, -0.1) is 0 Å². The van der Waals surface area contributed by atoms with E-state index in [1.807, 2.05) is 67.7 Å². The lowest BCUT2D eigenvalue weighted by Gasteiger charge is -2.30. The van der Waals surface area contributed by atoms with Gasteiger partial charge in [0.05, 0.1) is 64.5 Å². The Morgan fingerprint density at radius 3 is 1.28 bits per heavy atom. The zero-order valence-electron chi connectivity index (χ0n) is 48.6. The van der Waals surface area contributed by atoms with Gasteiger partial charge in [0.1, 0.15) is 17.7 Å². The molecule has 7 N–H and O–H groups in total. The minimum Gasteiger partial charge on any atom is -0.489 e. The number of hydrogen-bond acceptors (Lipinski definition) is 14. The minimum absolute atomic E-state index is 0.0220. The molecule has 2 aromatic heterocycles. The second kappa shape index (κ2) is 29.7. The number of aliphatic hydroxyl groups is 1.